The van der Waals surface area contributed by atoms with Crippen LogP contribution in [0.5, 0.6) is 0 Å². The second kappa shape index (κ2) is 6.75. The summed E-state index contributed by atoms with van der Waals surface area (Å²) in [4.78, 5) is 2.76. The van der Waals surface area contributed by atoms with Gasteiger partial charge in [0.1, 0.15) is 0 Å². The average molecular weight is 238 g/mol. The molecule has 0 bridgehead atoms. The van der Waals surface area contributed by atoms with Crippen LogP contribution in [0.2, 0.25) is 0 Å². The van der Waals surface area contributed by atoms with E-state index in [2.05, 4.69) is 11.8 Å². The van der Waals surface area contributed by atoms with E-state index in [-0.39, 0.29) is 0 Å². The van der Waals surface area contributed by atoms with E-state index in [1.54, 1.807) is 0 Å². The molecule has 100 valence electrons. The molecular formula is C15H30N2. The first-order valence-corrected chi connectivity index (χ1v) is 7.81. The molecule has 0 aromatic carbocycles. The minimum atomic E-state index is 0.435. The summed E-state index contributed by atoms with van der Waals surface area (Å²) in [5.41, 5.74) is 6.13. The SMILES string of the molecule is CCCC(N)CCN1CCCC1C1CCCC1. The molecule has 2 N–H and O–H groups in total. The quantitative estimate of drug-likeness (QED) is 0.770. The van der Waals surface area contributed by atoms with E-state index in [0.29, 0.717) is 6.04 Å². The van der Waals surface area contributed by atoms with Gasteiger partial charge in [0.25, 0.3) is 0 Å². The van der Waals surface area contributed by atoms with E-state index < -0.39 is 0 Å². The van der Waals surface area contributed by atoms with Crippen molar-refractivity contribution in [3.05, 3.63) is 0 Å². The third-order valence-electron chi connectivity index (χ3n) is 4.80. The summed E-state index contributed by atoms with van der Waals surface area (Å²) in [7, 11) is 0. The third-order valence-corrected chi connectivity index (χ3v) is 4.80. The average Bonchev–Trinajstić information content (AvgIpc) is 2.97. The lowest BCUT2D eigenvalue weighted by Gasteiger charge is -2.30. The molecule has 0 spiro atoms. The van der Waals surface area contributed by atoms with Crippen molar-refractivity contribution in [2.75, 3.05) is 13.1 Å². The first-order valence-electron chi connectivity index (χ1n) is 7.81. The van der Waals surface area contributed by atoms with Crippen LogP contribution in [0.25, 0.3) is 0 Å². The van der Waals surface area contributed by atoms with Gasteiger partial charge in [-0.25, -0.2) is 0 Å². The molecule has 1 saturated heterocycles. The Labute approximate surface area is 107 Å². The van der Waals surface area contributed by atoms with Crippen molar-refractivity contribution >= 4 is 0 Å². The van der Waals surface area contributed by atoms with Crippen LogP contribution in [0.3, 0.4) is 0 Å². The van der Waals surface area contributed by atoms with Crippen LogP contribution < -0.4 is 5.73 Å². The first kappa shape index (κ1) is 13.4. The number of likely N-dealkylation sites (tertiary alicyclic amines) is 1. The monoisotopic (exact) mass is 238 g/mol. The van der Waals surface area contributed by atoms with E-state index >= 15 is 0 Å². The van der Waals surface area contributed by atoms with Crippen LogP contribution in [-0.4, -0.2) is 30.1 Å². The largest absolute Gasteiger partial charge is 0.328 e. The molecule has 1 saturated carbocycles. The molecule has 0 radical (unpaired) electrons. The molecule has 17 heavy (non-hydrogen) atoms. The fourth-order valence-corrected chi connectivity index (χ4v) is 3.85. The van der Waals surface area contributed by atoms with Crippen molar-refractivity contribution in [2.24, 2.45) is 11.7 Å². The molecule has 0 aromatic heterocycles. The highest BCUT2D eigenvalue weighted by atomic mass is 15.2. The first-order chi connectivity index (χ1) is 8.31. The maximum absolute atomic E-state index is 6.13. The summed E-state index contributed by atoms with van der Waals surface area (Å²) in [6.07, 6.45) is 12.4. The molecule has 0 aromatic rings. The minimum Gasteiger partial charge on any atom is -0.328 e. The number of rotatable bonds is 6. The molecule has 2 nitrogen and oxygen atoms in total. The maximum atomic E-state index is 6.13. The minimum absolute atomic E-state index is 0.435. The molecule has 1 heterocycles. The van der Waals surface area contributed by atoms with Crippen LogP contribution >= 0.6 is 0 Å². The Bertz CT molecular complexity index is 211. The van der Waals surface area contributed by atoms with Crippen LogP contribution in [0, 0.1) is 5.92 Å². The summed E-state index contributed by atoms with van der Waals surface area (Å²) < 4.78 is 0. The number of nitrogens with two attached hydrogens (primary N) is 1. The second-order valence-electron chi connectivity index (χ2n) is 6.13. The molecule has 2 aliphatic rings. The molecular weight excluding hydrogens is 208 g/mol. The summed E-state index contributed by atoms with van der Waals surface area (Å²) in [6, 6.07) is 1.34. The highest BCUT2D eigenvalue weighted by molar-refractivity contribution is 4.87. The molecule has 1 aliphatic heterocycles. The van der Waals surface area contributed by atoms with Gasteiger partial charge < -0.3 is 10.6 Å². The van der Waals surface area contributed by atoms with Crippen molar-refractivity contribution in [1.82, 2.24) is 4.90 Å². The van der Waals surface area contributed by atoms with Gasteiger partial charge in [-0.15, -0.1) is 0 Å². The lowest BCUT2D eigenvalue weighted by atomic mass is 9.95. The summed E-state index contributed by atoms with van der Waals surface area (Å²) in [5, 5.41) is 0. The van der Waals surface area contributed by atoms with E-state index in [1.807, 2.05) is 0 Å². The van der Waals surface area contributed by atoms with Crippen molar-refractivity contribution in [3.63, 3.8) is 0 Å². The zero-order chi connectivity index (χ0) is 12.1. The van der Waals surface area contributed by atoms with Gasteiger partial charge in [-0.3, -0.25) is 0 Å². The third kappa shape index (κ3) is 3.69. The summed E-state index contributed by atoms with van der Waals surface area (Å²) in [6.45, 7) is 4.82. The zero-order valence-electron chi connectivity index (χ0n) is 11.5. The molecule has 2 heteroatoms. The van der Waals surface area contributed by atoms with Crippen molar-refractivity contribution in [3.8, 4) is 0 Å². The Morgan fingerprint density at radius 1 is 1.12 bits per heavy atom. The molecule has 0 amide bonds. The van der Waals surface area contributed by atoms with Gasteiger partial charge in [-0.05, 0) is 57.5 Å². The van der Waals surface area contributed by atoms with Gasteiger partial charge in [-0.2, -0.15) is 0 Å². The number of hydrogen-bond acceptors (Lipinski definition) is 2. The van der Waals surface area contributed by atoms with E-state index in [9.17, 15) is 0 Å². The predicted octanol–water partition coefficient (Wildman–Crippen LogP) is 3.16. The van der Waals surface area contributed by atoms with Gasteiger partial charge in [0, 0.05) is 12.1 Å². The molecule has 2 unspecified atom stereocenters. The Morgan fingerprint density at radius 3 is 2.59 bits per heavy atom. The lowest BCUT2D eigenvalue weighted by molar-refractivity contribution is 0.184. The van der Waals surface area contributed by atoms with Gasteiger partial charge in [-0.1, -0.05) is 26.2 Å². The van der Waals surface area contributed by atoms with Crippen molar-refractivity contribution in [1.29, 1.82) is 0 Å². The number of nitrogens with zero attached hydrogens (tertiary/aromatic N) is 1. The van der Waals surface area contributed by atoms with Crippen LogP contribution in [0.15, 0.2) is 0 Å². The highest BCUT2D eigenvalue weighted by Gasteiger charge is 2.32. The molecule has 2 atom stereocenters. The van der Waals surface area contributed by atoms with Gasteiger partial charge in [0.2, 0.25) is 0 Å². The van der Waals surface area contributed by atoms with Crippen molar-refractivity contribution in [2.45, 2.75) is 76.8 Å². The van der Waals surface area contributed by atoms with E-state index in [0.717, 1.165) is 12.0 Å². The van der Waals surface area contributed by atoms with Crippen LogP contribution in [0.1, 0.15) is 64.7 Å². The standard InChI is InChI=1S/C15H30N2/c1-2-6-14(16)10-12-17-11-5-9-15(17)13-7-3-4-8-13/h13-15H,2-12,16H2,1H3. The molecule has 2 fully saturated rings. The van der Waals surface area contributed by atoms with Crippen LogP contribution in [0.4, 0.5) is 0 Å². The zero-order valence-corrected chi connectivity index (χ0v) is 11.5. The molecule has 2 rings (SSSR count). The topological polar surface area (TPSA) is 29.3 Å². The Morgan fingerprint density at radius 2 is 1.88 bits per heavy atom. The highest BCUT2D eigenvalue weighted by Crippen LogP contribution is 2.35. The fraction of sp³-hybridized carbons (Fsp3) is 1.00. The Hall–Kier alpha value is -0.0800. The Kier molecular flexibility index (Phi) is 5.30. The normalized spacial score (nSPS) is 28.9. The van der Waals surface area contributed by atoms with Crippen molar-refractivity contribution < 1.29 is 0 Å². The molecule has 1 aliphatic carbocycles. The lowest BCUT2D eigenvalue weighted by Crippen LogP contribution is -2.37. The maximum Gasteiger partial charge on any atom is 0.0124 e. The predicted molar refractivity (Wildman–Crippen MR) is 74.1 cm³/mol. The second-order valence-corrected chi connectivity index (χ2v) is 6.13. The fourth-order valence-electron chi connectivity index (χ4n) is 3.85. The van der Waals surface area contributed by atoms with E-state index in [4.69, 9.17) is 5.73 Å². The van der Waals surface area contributed by atoms with E-state index in [1.165, 1.54) is 70.9 Å². The smallest absolute Gasteiger partial charge is 0.0124 e. The summed E-state index contributed by atoms with van der Waals surface area (Å²) >= 11 is 0. The van der Waals surface area contributed by atoms with Crippen LogP contribution in [-0.2, 0) is 0 Å². The Balaban J connectivity index is 1.74. The van der Waals surface area contributed by atoms with Gasteiger partial charge in [0.15, 0.2) is 0 Å². The van der Waals surface area contributed by atoms with Gasteiger partial charge in [0.05, 0.1) is 0 Å². The van der Waals surface area contributed by atoms with Gasteiger partial charge >= 0.3 is 0 Å². The number of hydrogen-bond donors (Lipinski definition) is 1. The summed E-state index contributed by atoms with van der Waals surface area (Å²) in [5.74, 6) is 1.01.